The van der Waals surface area contributed by atoms with Crippen LogP contribution < -0.4 is 0 Å². The number of alkyl halides is 1. The van der Waals surface area contributed by atoms with E-state index in [1.54, 1.807) is 0 Å². The van der Waals surface area contributed by atoms with Crippen molar-refractivity contribution in [3.63, 3.8) is 0 Å². The molecule has 3 nitrogen and oxygen atoms in total. The maximum Gasteiger partial charge on any atom is 0.136 e. The van der Waals surface area contributed by atoms with Crippen LogP contribution in [0.4, 0.5) is 4.39 Å². The van der Waals surface area contributed by atoms with Crippen LogP contribution in [-0.2, 0) is 17.8 Å². The number of halogens is 1. The van der Waals surface area contributed by atoms with Crippen molar-refractivity contribution in [2.45, 2.75) is 19.3 Å². The molecule has 0 aliphatic rings. The molecule has 2 aromatic carbocycles. The largest absolute Gasteiger partial charge is 0.394 e. The number of aliphatic hydroxyl groups excluding tert-OH is 1. The molecule has 0 aromatic heterocycles. The van der Waals surface area contributed by atoms with Gasteiger partial charge in [0.15, 0.2) is 0 Å². The number of aliphatic hydroxyl groups is 1. The van der Waals surface area contributed by atoms with Gasteiger partial charge in [0.05, 0.1) is 19.8 Å². The molecule has 1 atom stereocenters. The molecular weight excluding hydrogens is 293 g/mol. The van der Waals surface area contributed by atoms with E-state index in [-0.39, 0.29) is 19.8 Å². The van der Waals surface area contributed by atoms with Crippen molar-refractivity contribution >= 4 is 0 Å². The summed E-state index contributed by atoms with van der Waals surface area (Å²) in [5.74, 6) is 0. The Morgan fingerprint density at radius 1 is 0.913 bits per heavy atom. The maximum atomic E-state index is 14.1. The maximum absolute atomic E-state index is 14.1. The first-order valence-electron chi connectivity index (χ1n) is 7.91. The Hall–Kier alpha value is -1.75. The van der Waals surface area contributed by atoms with Gasteiger partial charge < -0.3 is 9.84 Å². The van der Waals surface area contributed by atoms with Crippen molar-refractivity contribution in [2.75, 3.05) is 26.4 Å². The molecular formula is C19H24FNO2. The molecule has 2 rings (SSSR count). The first-order valence-corrected chi connectivity index (χ1v) is 7.91. The minimum Gasteiger partial charge on any atom is -0.394 e. The third kappa shape index (κ3) is 6.91. The molecule has 1 unspecified atom stereocenters. The Balaban J connectivity index is 1.96. The fourth-order valence-corrected chi connectivity index (χ4v) is 2.48. The second-order valence-electron chi connectivity index (χ2n) is 5.54. The van der Waals surface area contributed by atoms with E-state index < -0.39 is 6.17 Å². The van der Waals surface area contributed by atoms with Crippen molar-refractivity contribution in [2.24, 2.45) is 0 Å². The van der Waals surface area contributed by atoms with Crippen molar-refractivity contribution in [3.05, 3.63) is 71.8 Å². The topological polar surface area (TPSA) is 32.7 Å². The highest BCUT2D eigenvalue weighted by Gasteiger charge is 2.14. The molecule has 0 amide bonds. The van der Waals surface area contributed by atoms with E-state index in [0.29, 0.717) is 19.6 Å². The highest BCUT2D eigenvalue weighted by Crippen LogP contribution is 2.11. The quantitative estimate of drug-likeness (QED) is 0.684. The smallest absolute Gasteiger partial charge is 0.136 e. The van der Waals surface area contributed by atoms with E-state index in [4.69, 9.17) is 9.84 Å². The van der Waals surface area contributed by atoms with Gasteiger partial charge in [-0.1, -0.05) is 60.7 Å². The Morgan fingerprint density at radius 3 is 1.91 bits per heavy atom. The molecule has 124 valence electrons. The molecule has 0 fully saturated rings. The van der Waals surface area contributed by atoms with Gasteiger partial charge in [-0.2, -0.15) is 0 Å². The summed E-state index contributed by atoms with van der Waals surface area (Å²) in [4.78, 5) is 2.08. The predicted molar refractivity (Wildman–Crippen MR) is 89.8 cm³/mol. The van der Waals surface area contributed by atoms with Gasteiger partial charge in [-0.05, 0) is 11.1 Å². The average Bonchev–Trinajstić information content (AvgIpc) is 2.57. The minimum absolute atomic E-state index is 0.0145. The third-order valence-corrected chi connectivity index (χ3v) is 3.49. The van der Waals surface area contributed by atoms with Crippen LogP contribution in [0.5, 0.6) is 0 Å². The summed E-state index contributed by atoms with van der Waals surface area (Å²) < 4.78 is 19.2. The molecule has 23 heavy (non-hydrogen) atoms. The SMILES string of the molecule is OCCOCC(F)CN(Cc1ccccc1)Cc1ccccc1. The molecule has 0 aliphatic heterocycles. The lowest BCUT2D eigenvalue weighted by molar-refractivity contribution is 0.0395. The van der Waals surface area contributed by atoms with E-state index in [0.717, 1.165) is 11.1 Å². The summed E-state index contributed by atoms with van der Waals surface area (Å²) in [5, 5.41) is 8.69. The molecule has 0 saturated heterocycles. The Bertz CT molecular complexity index is 494. The van der Waals surface area contributed by atoms with Gasteiger partial charge in [0, 0.05) is 19.6 Å². The number of ether oxygens (including phenoxy) is 1. The molecule has 0 heterocycles. The number of hydrogen-bond acceptors (Lipinski definition) is 3. The summed E-state index contributed by atoms with van der Waals surface area (Å²) in [6, 6.07) is 20.1. The van der Waals surface area contributed by atoms with Gasteiger partial charge in [0.2, 0.25) is 0 Å². The van der Waals surface area contributed by atoms with Crippen LogP contribution in [0.1, 0.15) is 11.1 Å². The monoisotopic (exact) mass is 317 g/mol. The third-order valence-electron chi connectivity index (χ3n) is 3.49. The molecule has 0 radical (unpaired) electrons. The number of rotatable bonds is 10. The zero-order valence-electron chi connectivity index (χ0n) is 13.3. The normalized spacial score (nSPS) is 12.5. The molecule has 0 aliphatic carbocycles. The van der Waals surface area contributed by atoms with E-state index in [1.165, 1.54) is 0 Å². The Kier molecular flexibility index (Phi) is 7.73. The fourth-order valence-electron chi connectivity index (χ4n) is 2.48. The zero-order chi connectivity index (χ0) is 16.3. The van der Waals surface area contributed by atoms with Crippen LogP contribution in [0, 0.1) is 0 Å². The Morgan fingerprint density at radius 2 is 1.43 bits per heavy atom. The van der Waals surface area contributed by atoms with E-state index in [2.05, 4.69) is 4.90 Å². The van der Waals surface area contributed by atoms with E-state index in [9.17, 15) is 4.39 Å². The van der Waals surface area contributed by atoms with E-state index in [1.807, 2.05) is 60.7 Å². The van der Waals surface area contributed by atoms with Crippen LogP contribution in [0.2, 0.25) is 0 Å². The van der Waals surface area contributed by atoms with Gasteiger partial charge in [0.1, 0.15) is 6.17 Å². The molecule has 1 N–H and O–H groups in total. The first kappa shape index (κ1) is 17.6. The van der Waals surface area contributed by atoms with Crippen molar-refractivity contribution in [1.82, 2.24) is 4.90 Å². The van der Waals surface area contributed by atoms with Crippen LogP contribution in [0.15, 0.2) is 60.7 Å². The summed E-state index contributed by atoms with van der Waals surface area (Å²) in [5.41, 5.74) is 2.32. The van der Waals surface area contributed by atoms with Gasteiger partial charge in [-0.15, -0.1) is 0 Å². The van der Waals surface area contributed by atoms with Crippen LogP contribution >= 0.6 is 0 Å². The molecule has 2 aromatic rings. The predicted octanol–water partition coefficient (Wildman–Crippen LogP) is 3.04. The zero-order valence-corrected chi connectivity index (χ0v) is 13.3. The van der Waals surface area contributed by atoms with Gasteiger partial charge in [0.25, 0.3) is 0 Å². The van der Waals surface area contributed by atoms with Gasteiger partial charge in [-0.3, -0.25) is 4.90 Å². The fraction of sp³-hybridized carbons (Fsp3) is 0.368. The van der Waals surface area contributed by atoms with E-state index >= 15 is 0 Å². The second kappa shape index (κ2) is 10.1. The summed E-state index contributed by atoms with van der Waals surface area (Å²) in [6.07, 6.45) is -1.08. The van der Waals surface area contributed by atoms with Gasteiger partial charge >= 0.3 is 0 Å². The number of benzene rings is 2. The second-order valence-corrected chi connectivity index (χ2v) is 5.54. The van der Waals surface area contributed by atoms with Crippen LogP contribution in [0.3, 0.4) is 0 Å². The summed E-state index contributed by atoms with van der Waals surface area (Å²) in [6.45, 7) is 1.80. The molecule has 0 bridgehead atoms. The minimum atomic E-state index is -1.08. The Labute approximate surface area is 137 Å². The molecule has 0 saturated carbocycles. The molecule has 4 heteroatoms. The van der Waals surface area contributed by atoms with Crippen molar-refractivity contribution in [1.29, 1.82) is 0 Å². The van der Waals surface area contributed by atoms with Crippen molar-refractivity contribution < 1.29 is 14.2 Å². The standard InChI is InChI=1S/C19H24FNO2/c20-19(16-23-12-11-22)15-21(13-17-7-3-1-4-8-17)14-18-9-5-2-6-10-18/h1-10,19,22H,11-16H2. The average molecular weight is 317 g/mol. The lowest BCUT2D eigenvalue weighted by atomic mass is 10.1. The first-order chi connectivity index (χ1) is 11.3. The lowest BCUT2D eigenvalue weighted by Crippen LogP contribution is -2.32. The number of nitrogens with zero attached hydrogens (tertiary/aromatic N) is 1. The highest BCUT2D eigenvalue weighted by molar-refractivity contribution is 5.17. The number of hydrogen-bond donors (Lipinski definition) is 1. The molecule has 0 spiro atoms. The highest BCUT2D eigenvalue weighted by atomic mass is 19.1. The lowest BCUT2D eigenvalue weighted by Gasteiger charge is -2.24. The van der Waals surface area contributed by atoms with Crippen LogP contribution in [-0.4, -0.2) is 42.5 Å². The summed E-state index contributed by atoms with van der Waals surface area (Å²) in [7, 11) is 0. The summed E-state index contributed by atoms with van der Waals surface area (Å²) >= 11 is 0. The van der Waals surface area contributed by atoms with Crippen molar-refractivity contribution in [3.8, 4) is 0 Å². The van der Waals surface area contributed by atoms with Crippen LogP contribution in [0.25, 0.3) is 0 Å². The van der Waals surface area contributed by atoms with Gasteiger partial charge in [-0.25, -0.2) is 4.39 Å².